The van der Waals surface area contributed by atoms with Crippen LogP contribution in [0.15, 0.2) is 66.7 Å². The first kappa shape index (κ1) is 26.6. The Balaban J connectivity index is 1.61. The van der Waals surface area contributed by atoms with Gasteiger partial charge in [0.25, 0.3) is 0 Å². The molecule has 3 aromatic rings. The van der Waals surface area contributed by atoms with E-state index < -0.39 is 12.1 Å². The van der Waals surface area contributed by atoms with E-state index in [4.69, 9.17) is 4.74 Å². The van der Waals surface area contributed by atoms with E-state index in [9.17, 15) is 15.0 Å². The minimum absolute atomic E-state index is 0.138. The summed E-state index contributed by atoms with van der Waals surface area (Å²) in [6, 6.07) is 21.4. The molecule has 35 heavy (non-hydrogen) atoms. The molecule has 0 saturated heterocycles. The lowest BCUT2D eigenvalue weighted by atomic mass is 9.93. The number of carboxylic acid groups (broad SMARTS) is 1. The number of aliphatic hydroxyl groups excluding tert-OH is 1. The van der Waals surface area contributed by atoms with Crippen molar-refractivity contribution in [2.45, 2.75) is 58.8 Å². The molecule has 0 saturated carbocycles. The average molecular weight is 476 g/mol. The normalized spacial score (nSPS) is 13.4. The summed E-state index contributed by atoms with van der Waals surface area (Å²) in [7, 11) is 0. The molecule has 0 aliphatic heterocycles. The molecule has 5 heteroatoms. The molecule has 1 unspecified atom stereocenters. The van der Waals surface area contributed by atoms with Gasteiger partial charge in [0.1, 0.15) is 0 Å². The van der Waals surface area contributed by atoms with Gasteiger partial charge >= 0.3 is 5.97 Å². The van der Waals surface area contributed by atoms with E-state index in [1.54, 1.807) is 12.1 Å². The molecular formula is C30H37NO4. The molecule has 0 bridgehead atoms. The molecule has 0 heterocycles. The third-order valence-corrected chi connectivity index (χ3v) is 6.39. The average Bonchev–Trinajstić information content (AvgIpc) is 2.83. The van der Waals surface area contributed by atoms with E-state index in [-0.39, 0.29) is 23.8 Å². The van der Waals surface area contributed by atoms with Crippen molar-refractivity contribution in [3.8, 4) is 11.1 Å². The highest BCUT2D eigenvalue weighted by atomic mass is 16.5. The first-order chi connectivity index (χ1) is 16.6. The Morgan fingerprint density at radius 1 is 1.00 bits per heavy atom. The number of nitrogens with one attached hydrogen (secondary N) is 1. The number of benzene rings is 3. The zero-order valence-electron chi connectivity index (χ0n) is 21.3. The number of hydrogen-bond acceptors (Lipinski definition) is 4. The van der Waals surface area contributed by atoms with Crippen LogP contribution < -0.4 is 5.32 Å². The van der Waals surface area contributed by atoms with Crippen molar-refractivity contribution in [3.63, 3.8) is 0 Å². The molecule has 0 amide bonds. The summed E-state index contributed by atoms with van der Waals surface area (Å²) in [5.74, 6) is -0.978. The fraction of sp³-hybridized carbons (Fsp3) is 0.367. The van der Waals surface area contributed by atoms with E-state index in [0.717, 1.165) is 23.1 Å². The van der Waals surface area contributed by atoms with E-state index >= 15 is 0 Å². The number of β-amino-alcohol motifs (C(OH)–C–C–N with tert-alkyl or cyclic N) is 1. The Morgan fingerprint density at radius 2 is 1.71 bits per heavy atom. The fourth-order valence-corrected chi connectivity index (χ4v) is 4.20. The Kier molecular flexibility index (Phi) is 8.84. The van der Waals surface area contributed by atoms with E-state index in [2.05, 4.69) is 51.2 Å². The van der Waals surface area contributed by atoms with Crippen LogP contribution in [0.25, 0.3) is 11.1 Å². The zero-order valence-corrected chi connectivity index (χ0v) is 21.3. The summed E-state index contributed by atoms with van der Waals surface area (Å²) in [5, 5.41) is 23.5. The second-order valence-electron chi connectivity index (χ2n) is 9.96. The number of carbonyl (C=O) groups is 1. The highest BCUT2D eigenvalue weighted by Crippen LogP contribution is 2.31. The Labute approximate surface area is 208 Å². The van der Waals surface area contributed by atoms with Crippen molar-refractivity contribution in [2.24, 2.45) is 0 Å². The Bertz CT molecular complexity index is 1140. The van der Waals surface area contributed by atoms with Crippen LogP contribution in [0.5, 0.6) is 0 Å². The number of aliphatic hydroxyl groups is 1. The monoisotopic (exact) mass is 475 g/mol. The van der Waals surface area contributed by atoms with Gasteiger partial charge in [0, 0.05) is 12.1 Å². The maximum absolute atomic E-state index is 11.5. The predicted molar refractivity (Wildman–Crippen MR) is 141 cm³/mol. The van der Waals surface area contributed by atoms with Crippen molar-refractivity contribution in [1.82, 2.24) is 5.32 Å². The van der Waals surface area contributed by atoms with Gasteiger partial charge in [-0.3, -0.25) is 0 Å². The van der Waals surface area contributed by atoms with Gasteiger partial charge in [0.15, 0.2) is 0 Å². The van der Waals surface area contributed by atoms with Crippen LogP contribution in [0.4, 0.5) is 0 Å². The highest BCUT2D eigenvalue weighted by Gasteiger charge is 2.21. The third-order valence-electron chi connectivity index (χ3n) is 6.39. The van der Waals surface area contributed by atoms with Crippen molar-refractivity contribution in [3.05, 3.63) is 94.5 Å². The summed E-state index contributed by atoms with van der Waals surface area (Å²) >= 11 is 0. The van der Waals surface area contributed by atoms with Crippen LogP contribution in [0, 0.1) is 13.8 Å². The minimum atomic E-state index is -0.978. The molecular weight excluding hydrogens is 438 g/mol. The van der Waals surface area contributed by atoms with E-state index in [0.29, 0.717) is 6.54 Å². The molecule has 0 aliphatic rings. The topological polar surface area (TPSA) is 78.8 Å². The number of aryl methyl sites for hydroxylation is 2. The van der Waals surface area contributed by atoms with Crippen molar-refractivity contribution < 1.29 is 19.7 Å². The first-order valence-corrected chi connectivity index (χ1v) is 12.1. The van der Waals surface area contributed by atoms with E-state index in [1.807, 2.05) is 43.3 Å². The summed E-state index contributed by atoms with van der Waals surface area (Å²) in [6.07, 6.45) is -0.234. The van der Waals surface area contributed by atoms with Crippen LogP contribution in [-0.4, -0.2) is 41.0 Å². The number of hydrogen-bond donors (Lipinski definition) is 3. The van der Waals surface area contributed by atoms with Crippen molar-refractivity contribution in [1.29, 1.82) is 0 Å². The molecule has 0 spiro atoms. The van der Waals surface area contributed by atoms with Gasteiger partial charge in [0.2, 0.25) is 0 Å². The van der Waals surface area contributed by atoms with Crippen molar-refractivity contribution in [2.75, 3.05) is 13.2 Å². The summed E-state index contributed by atoms with van der Waals surface area (Å²) in [6.45, 7) is 10.9. The predicted octanol–water partition coefficient (Wildman–Crippen LogP) is 5.72. The largest absolute Gasteiger partial charge is 0.478 e. The summed E-state index contributed by atoms with van der Waals surface area (Å²) in [5.41, 5.74) is 6.54. The van der Waals surface area contributed by atoms with Gasteiger partial charge in [-0.25, -0.2) is 4.79 Å². The van der Waals surface area contributed by atoms with Gasteiger partial charge in [-0.05, 0) is 86.6 Å². The molecule has 3 aromatic carbocycles. The quantitative estimate of drug-likeness (QED) is 0.331. The second kappa shape index (κ2) is 11.6. The summed E-state index contributed by atoms with van der Waals surface area (Å²) < 4.78 is 6.02. The van der Waals surface area contributed by atoms with Gasteiger partial charge in [-0.2, -0.15) is 0 Å². The van der Waals surface area contributed by atoms with Crippen LogP contribution in [0.3, 0.4) is 0 Å². The molecule has 0 radical (unpaired) electrons. The summed E-state index contributed by atoms with van der Waals surface area (Å²) in [4.78, 5) is 11.5. The number of rotatable bonds is 11. The lowest BCUT2D eigenvalue weighted by Gasteiger charge is -2.29. The van der Waals surface area contributed by atoms with Crippen LogP contribution in [-0.2, 0) is 11.2 Å². The zero-order chi connectivity index (χ0) is 25.6. The number of aromatic carboxylic acids is 1. The second-order valence-corrected chi connectivity index (χ2v) is 9.96. The molecule has 0 aromatic heterocycles. The maximum atomic E-state index is 11.5. The lowest BCUT2D eigenvalue weighted by molar-refractivity contribution is -0.00400. The minimum Gasteiger partial charge on any atom is -0.478 e. The third kappa shape index (κ3) is 7.49. The molecule has 0 fully saturated rings. The van der Waals surface area contributed by atoms with Gasteiger partial charge < -0.3 is 20.3 Å². The molecule has 3 N–H and O–H groups in total. The van der Waals surface area contributed by atoms with E-state index in [1.165, 1.54) is 16.7 Å². The highest BCUT2D eigenvalue weighted by molar-refractivity contribution is 5.89. The van der Waals surface area contributed by atoms with Crippen molar-refractivity contribution >= 4 is 5.97 Å². The molecule has 0 aliphatic carbocycles. The van der Waals surface area contributed by atoms with Crippen LogP contribution in [0.1, 0.15) is 59.5 Å². The molecule has 186 valence electrons. The lowest BCUT2D eigenvalue weighted by Crippen LogP contribution is -2.46. The van der Waals surface area contributed by atoms with Gasteiger partial charge in [-0.1, -0.05) is 54.6 Å². The molecule has 3 rings (SSSR count). The SMILES string of the molecule is Cc1ccc(CC(C)(C)NC[C@@H](O)COC(C)c2cc(C(=O)O)ccc2-c2ccccc2)cc1C. The smallest absolute Gasteiger partial charge is 0.335 e. The van der Waals surface area contributed by atoms with Crippen LogP contribution >= 0.6 is 0 Å². The van der Waals surface area contributed by atoms with Gasteiger partial charge in [0.05, 0.1) is 24.4 Å². The molecule has 2 atom stereocenters. The first-order valence-electron chi connectivity index (χ1n) is 12.1. The Morgan fingerprint density at radius 3 is 2.37 bits per heavy atom. The Hall–Kier alpha value is -2.99. The molecule has 5 nitrogen and oxygen atoms in total. The van der Waals surface area contributed by atoms with Gasteiger partial charge in [-0.15, -0.1) is 0 Å². The standard InChI is InChI=1S/C30H37NO4/c1-20-11-12-23(15-21(20)2)17-30(4,5)31-18-26(32)19-35-22(3)28-16-25(29(33)34)13-14-27(28)24-9-7-6-8-10-24/h6-16,22,26,31-32H,17-19H2,1-5H3,(H,33,34)/t22?,26-/m1/s1. The maximum Gasteiger partial charge on any atom is 0.335 e. The van der Waals surface area contributed by atoms with Crippen LogP contribution in [0.2, 0.25) is 0 Å². The number of ether oxygens (including phenoxy) is 1. The fourth-order valence-electron chi connectivity index (χ4n) is 4.20. The number of carboxylic acids is 1.